The lowest BCUT2D eigenvalue weighted by atomic mass is 9.82. The Morgan fingerprint density at radius 2 is 2.07 bits per heavy atom. The first-order chi connectivity index (χ1) is 6.43. The summed E-state index contributed by atoms with van der Waals surface area (Å²) in [5.41, 5.74) is 0.422. The molecule has 0 aromatic heterocycles. The van der Waals surface area contributed by atoms with Crippen LogP contribution in [0.2, 0.25) is 0 Å². The standard InChI is InChI=1S/C12H25NO/c1-10(12(2,3)4)8-13-7-6-11(9-13)14-5/h10-11H,6-9H2,1-5H3/t10-,11+/m1/s1. The number of hydrogen-bond donors (Lipinski definition) is 0. The van der Waals surface area contributed by atoms with Gasteiger partial charge in [-0.1, -0.05) is 27.7 Å². The van der Waals surface area contributed by atoms with E-state index in [0.29, 0.717) is 11.5 Å². The van der Waals surface area contributed by atoms with Gasteiger partial charge in [-0.2, -0.15) is 0 Å². The molecule has 0 aliphatic carbocycles. The van der Waals surface area contributed by atoms with Crippen LogP contribution in [0.3, 0.4) is 0 Å². The van der Waals surface area contributed by atoms with E-state index in [1.165, 1.54) is 19.5 Å². The van der Waals surface area contributed by atoms with Crippen LogP contribution in [0.1, 0.15) is 34.1 Å². The summed E-state index contributed by atoms with van der Waals surface area (Å²) < 4.78 is 5.37. The number of hydrogen-bond acceptors (Lipinski definition) is 2. The van der Waals surface area contributed by atoms with Gasteiger partial charge in [0.25, 0.3) is 0 Å². The SMILES string of the molecule is CO[C@H]1CCN(C[C@@H](C)C(C)(C)C)C1. The van der Waals surface area contributed by atoms with Crippen molar-refractivity contribution in [2.45, 2.75) is 40.2 Å². The second-order valence-electron chi connectivity index (χ2n) is 5.67. The molecule has 14 heavy (non-hydrogen) atoms. The van der Waals surface area contributed by atoms with Crippen molar-refractivity contribution in [1.82, 2.24) is 4.90 Å². The van der Waals surface area contributed by atoms with Crippen molar-refractivity contribution in [2.24, 2.45) is 11.3 Å². The topological polar surface area (TPSA) is 12.5 Å². The Morgan fingerprint density at radius 1 is 1.43 bits per heavy atom. The molecule has 1 fully saturated rings. The van der Waals surface area contributed by atoms with E-state index < -0.39 is 0 Å². The fourth-order valence-corrected chi connectivity index (χ4v) is 1.82. The molecule has 1 heterocycles. The van der Waals surface area contributed by atoms with Crippen LogP contribution < -0.4 is 0 Å². The summed E-state index contributed by atoms with van der Waals surface area (Å²) >= 11 is 0. The quantitative estimate of drug-likeness (QED) is 0.692. The summed E-state index contributed by atoms with van der Waals surface area (Å²) in [6.45, 7) is 12.9. The Hall–Kier alpha value is -0.0800. The van der Waals surface area contributed by atoms with Gasteiger partial charge in [-0.05, 0) is 17.8 Å². The van der Waals surface area contributed by atoms with Gasteiger partial charge >= 0.3 is 0 Å². The van der Waals surface area contributed by atoms with Gasteiger partial charge in [0.15, 0.2) is 0 Å². The molecule has 1 saturated heterocycles. The van der Waals surface area contributed by atoms with Crippen LogP contribution in [0.4, 0.5) is 0 Å². The lowest BCUT2D eigenvalue weighted by Crippen LogP contribution is -2.33. The van der Waals surface area contributed by atoms with Gasteiger partial charge in [-0.3, -0.25) is 0 Å². The first kappa shape index (κ1) is 12.0. The highest BCUT2D eigenvalue weighted by molar-refractivity contribution is 4.80. The molecule has 2 atom stereocenters. The van der Waals surface area contributed by atoms with Crippen molar-refractivity contribution >= 4 is 0 Å². The first-order valence-electron chi connectivity index (χ1n) is 5.68. The molecule has 2 nitrogen and oxygen atoms in total. The van der Waals surface area contributed by atoms with Gasteiger partial charge in [0.05, 0.1) is 6.10 Å². The molecule has 0 N–H and O–H groups in total. The van der Waals surface area contributed by atoms with Crippen molar-refractivity contribution in [3.8, 4) is 0 Å². The van der Waals surface area contributed by atoms with Gasteiger partial charge < -0.3 is 9.64 Å². The van der Waals surface area contributed by atoms with Crippen LogP contribution in [0, 0.1) is 11.3 Å². The summed E-state index contributed by atoms with van der Waals surface area (Å²) in [7, 11) is 1.82. The second kappa shape index (κ2) is 4.63. The molecule has 0 spiro atoms. The van der Waals surface area contributed by atoms with Gasteiger partial charge in [0.1, 0.15) is 0 Å². The van der Waals surface area contributed by atoms with Crippen LogP contribution in [0.5, 0.6) is 0 Å². The minimum Gasteiger partial charge on any atom is -0.380 e. The Kier molecular flexibility index (Phi) is 3.96. The average Bonchev–Trinajstić information content (AvgIpc) is 2.50. The molecule has 0 radical (unpaired) electrons. The van der Waals surface area contributed by atoms with Crippen molar-refractivity contribution in [1.29, 1.82) is 0 Å². The predicted molar refractivity (Wildman–Crippen MR) is 60.5 cm³/mol. The van der Waals surface area contributed by atoms with E-state index in [2.05, 4.69) is 32.6 Å². The molecule has 1 aliphatic heterocycles. The molecule has 84 valence electrons. The summed E-state index contributed by atoms with van der Waals surface area (Å²) in [4.78, 5) is 2.53. The number of ether oxygens (including phenoxy) is 1. The number of likely N-dealkylation sites (tertiary alicyclic amines) is 1. The van der Waals surface area contributed by atoms with E-state index in [0.717, 1.165) is 12.5 Å². The predicted octanol–water partition coefficient (Wildman–Crippen LogP) is 2.39. The molecule has 0 bridgehead atoms. The average molecular weight is 199 g/mol. The molecule has 2 heteroatoms. The van der Waals surface area contributed by atoms with Crippen LogP contribution in [0.15, 0.2) is 0 Å². The zero-order valence-electron chi connectivity index (χ0n) is 10.3. The third-order valence-electron chi connectivity index (χ3n) is 3.57. The Bertz CT molecular complexity index is 174. The minimum absolute atomic E-state index is 0.422. The zero-order valence-corrected chi connectivity index (χ0v) is 10.3. The van der Waals surface area contributed by atoms with Crippen LogP contribution in [0.25, 0.3) is 0 Å². The molecule has 0 saturated carbocycles. The Labute approximate surface area is 88.6 Å². The van der Waals surface area contributed by atoms with E-state index in [-0.39, 0.29) is 0 Å². The fraction of sp³-hybridized carbons (Fsp3) is 1.00. The monoisotopic (exact) mass is 199 g/mol. The molecule has 0 aromatic rings. The van der Waals surface area contributed by atoms with Gasteiger partial charge in [-0.15, -0.1) is 0 Å². The normalized spacial score (nSPS) is 26.8. The Balaban J connectivity index is 2.32. The maximum absolute atomic E-state index is 5.37. The summed E-state index contributed by atoms with van der Waals surface area (Å²) in [6, 6.07) is 0. The molecule has 0 aromatic carbocycles. The van der Waals surface area contributed by atoms with E-state index in [1.807, 2.05) is 7.11 Å². The summed E-state index contributed by atoms with van der Waals surface area (Å²) in [5.74, 6) is 0.748. The van der Waals surface area contributed by atoms with Gasteiger partial charge in [0.2, 0.25) is 0 Å². The van der Waals surface area contributed by atoms with E-state index in [1.54, 1.807) is 0 Å². The molecule has 1 aliphatic rings. The number of nitrogens with zero attached hydrogens (tertiary/aromatic N) is 1. The van der Waals surface area contributed by atoms with E-state index in [4.69, 9.17) is 4.74 Å². The van der Waals surface area contributed by atoms with Crippen LogP contribution in [-0.4, -0.2) is 37.7 Å². The molecule has 0 amide bonds. The highest BCUT2D eigenvalue weighted by Crippen LogP contribution is 2.27. The number of methoxy groups -OCH3 is 1. The van der Waals surface area contributed by atoms with Crippen LogP contribution >= 0.6 is 0 Å². The molecule has 0 unspecified atom stereocenters. The highest BCUT2D eigenvalue weighted by atomic mass is 16.5. The first-order valence-corrected chi connectivity index (χ1v) is 5.68. The van der Waals surface area contributed by atoms with Crippen molar-refractivity contribution in [2.75, 3.05) is 26.7 Å². The lowest BCUT2D eigenvalue weighted by Gasteiger charge is -2.31. The molecule has 1 rings (SSSR count). The third-order valence-corrected chi connectivity index (χ3v) is 3.57. The lowest BCUT2D eigenvalue weighted by molar-refractivity contribution is 0.100. The maximum atomic E-state index is 5.37. The largest absolute Gasteiger partial charge is 0.380 e. The smallest absolute Gasteiger partial charge is 0.0710 e. The van der Waals surface area contributed by atoms with Crippen molar-refractivity contribution in [3.05, 3.63) is 0 Å². The zero-order chi connectivity index (χ0) is 10.8. The third kappa shape index (κ3) is 3.25. The van der Waals surface area contributed by atoms with Gasteiger partial charge in [-0.25, -0.2) is 0 Å². The summed E-state index contributed by atoms with van der Waals surface area (Å²) in [5, 5.41) is 0. The maximum Gasteiger partial charge on any atom is 0.0710 e. The van der Waals surface area contributed by atoms with Crippen molar-refractivity contribution in [3.63, 3.8) is 0 Å². The number of rotatable bonds is 3. The van der Waals surface area contributed by atoms with Crippen LogP contribution in [-0.2, 0) is 4.74 Å². The fourth-order valence-electron chi connectivity index (χ4n) is 1.82. The molecular formula is C12H25NO. The highest BCUT2D eigenvalue weighted by Gasteiger charge is 2.27. The summed E-state index contributed by atoms with van der Waals surface area (Å²) in [6.07, 6.45) is 1.68. The van der Waals surface area contributed by atoms with E-state index in [9.17, 15) is 0 Å². The molecular weight excluding hydrogens is 174 g/mol. The van der Waals surface area contributed by atoms with Crippen molar-refractivity contribution < 1.29 is 4.74 Å². The second-order valence-corrected chi connectivity index (χ2v) is 5.67. The Morgan fingerprint density at radius 3 is 2.50 bits per heavy atom. The van der Waals surface area contributed by atoms with Gasteiger partial charge in [0, 0.05) is 26.7 Å². The van der Waals surface area contributed by atoms with E-state index >= 15 is 0 Å². The minimum atomic E-state index is 0.422.